The second-order valence-electron chi connectivity index (χ2n) is 4.42. The summed E-state index contributed by atoms with van der Waals surface area (Å²) < 4.78 is 5.35. The van der Waals surface area contributed by atoms with Crippen LogP contribution in [0.15, 0.2) is 24.3 Å². The van der Waals surface area contributed by atoms with Gasteiger partial charge in [0.15, 0.2) is 0 Å². The molecule has 1 saturated heterocycles. The van der Waals surface area contributed by atoms with Crippen molar-refractivity contribution in [3.8, 4) is 5.75 Å². The molecule has 1 aliphatic heterocycles. The van der Waals surface area contributed by atoms with Crippen molar-refractivity contribution in [1.29, 1.82) is 0 Å². The van der Waals surface area contributed by atoms with Crippen LogP contribution in [-0.2, 0) is 4.79 Å². The van der Waals surface area contributed by atoms with Gasteiger partial charge in [-0.2, -0.15) is 0 Å². The number of ether oxygens (including phenoxy) is 1. The number of hydrogen-bond donors (Lipinski definition) is 0. The van der Waals surface area contributed by atoms with Gasteiger partial charge in [-0.15, -0.1) is 0 Å². The van der Waals surface area contributed by atoms with E-state index in [0.717, 1.165) is 30.9 Å². The summed E-state index contributed by atoms with van der Waals surface area (Å²) in [7, 11) is 1.68. The average molecular weight is 233 g/mol. The fourth-order valence-corrected chi connectivity index (χ4v) is 2.42. The van der Waals surface area contributed by atoms with E-state index in [1.165, 1.54) is 0 Å². The first kappa shape index (κ1) is 12.0. The van der Waals surface area contributed by atoms with Gasteiger partial charge in [0.25, 0.3) is 0 Å². The lowest BCUT2D eigenvalue weighted by molar-refractivity contribution is -0.121. The standard InChI is InChI=1S/C14H19NO2/c1-3-13(16)11-8-9-15(10-11)12-6-4-5-7-14(12)17-2/h4-7,11H,3,8-10H2,1-2H3. The number of benzene rings is 1. The van der Waals surface area contributed by atoms with Crippen LogP contribution in [0.3, 0.4) is 0 Å². The van der Waals surface area contributed by atoms with Crippen LogP contribution in [0, 0.1) is 5.92 Å². The maximum Gasteiger partial charge on any atom is 0.142 e. The summed E-state index contributed by atoms with van der Waals surface area (Å²) in [4.78, 5) is 13.9. The van der Waals surface area contributed by atoms with Crippen molar-refractivity contribution in [3.63, 3.8) is 0 Å². The zero-order chi connectivity index (χ0) is 12.3. The van der Waals surface area contributed by atoms with Crippen molar-refractivity contribution in [2.75, 3.05) is 25.1 Å². The molecule has 3 heteroatoms. The summed E-state index contributed by atoms with van der Waals surface area (Å²) in [6.07, 6.45) is 1.61. The van der Waals surface area contributed by atoms with Crippen molar-refractivity contribution in [1.82, 2.24) is 0 Å². The zero-order valence-electron chi connectivity index (χ0n) is 10.5. The minimum Gasteiger partial charge on any atom is -0.495 e. The number of methoxy groups -OCH3 is 1. The van der Waals surface area contributed by atoms with Crippen LogP contribution in [-0.4, -0.2) is 26.0 Å². The van der Waals surface area contributed by atoms with Crippen molar-refractivity contribution < 1.29 is 9.53 Å². The molecule has 1 aromatic carbocycles. The first-order chi connectivity index (χ1) is 8.26. The number of hydrogen-bond acceptors (Lipinski definition) is 3. The van der Waals surface area contributed by atoms with Gasteiger partial charge in [0.05, 0.1) is 12.8 Å². The number of ketones is 1. The van der Waals surface area contributed by atoms with Gasteiger partial charge in [-0.3, -0.25) is 4.79 Å². The average Bonchev–Trinajstić information content (AvgIpc) is 2.87. The summed E-state index contributed by atoms with van der Waals surface area (Å²) >= 11 is 0. The van der Waals surface area contributed by atoms with Crippen LogP contribution in [0.1, 0.15) is 19.8 Å². The highest BCUT2D eigenvalue weighted by Gasteiger charge is 2.28. The Morgan fingerprint density at radius 1 is 1.47 bits per heavy atom. The van der Waals surface area contributed by atoms with Crippen LogP contribution in [0.5, 0.6) is 5.75 Å². The van der Waals surface area contributed by atoms with Gasteiger partial charge in [-0.25, -0.2) is 0 Å². The number of Topliss-reactive ketones (excluding diaryl/α,β-unsaturated/α-hetero) is 1. The second-order valence-corrected chi connectivity index (χ2v) is 4.42. The first-order valence-corrected chi connectivity index (χ1v) is 6.17. The van der Waals surface area contributed by atoms with E-state index in [2.05, 4.69) is 11.0 Å². The van der Waals surface area contributed by atoms with Crippen molar-refractivity contribution in [2.24, 2.45) is 5.92 Å². The van der Waals surface area contributed by atoms with Gasteiger partial charge in [-0.1, -0.05) is 19.1 Å². The monoisotopic (exact) mass is 233 g/mol. The van der Waals surface area contributed by atoms with Gasteiger partial charge in [0, 0.05) is 25.4 Å². The molecule has 92 valence electrons. The summed E-state index contributed by atoms with van der Waals surface area (Å²) in [6.45, 7) is 3.71. The van der Waals surface area contributed by atoms with Crippen LogP contribution in [0.4, 0.5) is 5.69 Å². The molecule has 1 fully saturated rings. The molecular formula is C14H19NO2. The number of nitrogens with zero attached hydrogens (tertiary/aromatic N) is 1. The Labute approximate surface area is 102 Å². The minimum atomic E-state index is 0.199. The Morgan fingerprint density at radius 2 is 2.24 bits per heavy atom. The molecule has 1 aromatic rings. The lowest BCUT2D eigenvalue weighted by Crippen LogP contribution is -2.22. The molecule has 1 heterocycles. The maximum atomic E-state index is 11.7. The van der Waals surface area contributed by atoms with E-state index in [1.807, 2.05) is 25.1 Å². The van der Waals surface area contributed by atoms with Crippen LogP contribution in [0.25, 0.3) is 0 Å². The van der Waals surface area contributed by atoms with E-state index in [4.69, 9.17) is 4.74 Å². The van der Waals surface area contributed by atoms with Crippen LogP contribution in [0.2, 0.25) is 0 Å². The van der Waals surface area contributed by atoms with Gasteiger partial charge < -0.3 is 9.64 Å². The molecule has 17 heavy (non-hydrogen) atoms. The Morgan fingerprint density at radius 3 is 2.94 bits per heavy atom. The van der Waals surface area contributed by atoms with Crippen LogP contribution < -0.4 is 9.64 Å². The summed E-state index contributed by atoms with van der Waals surface area (Å²) in [5, 5.41) is 0. The second kappa shape index (κ2) is 5.21. The predicted octanol–water partition coefficient (Wildman–Crippen LogP) is 2.50. The first-order valence-electron chi connectivity index (χ1n) is 6.17. The Bertz CT molecular complexity index is 403. The molecule has 0 N–H and O–H groups in total. The Hall–Kier alpha value is -1.51. The summed E-state index contributed by atoms with van der Waals surface area (Å²) in [5.41, 5.74) is 1.10. The minimum absolute atomic E-state index is 0.199. The third-order valence-electron chi connectivity index (χ3n) is 3.42. The number of anilines is 1. The maximum absolute atomic E-state index is 11.7. The topological polar surface area (TPSA) is 29.5 Å². The quantitative estimate of drug-likeness (QED) is 0.800. The zero-order valence-corrected chi connectivity index (χ0v) is 10.5. The predicted molar refractivity (Wildman–Crippen MR) is 68.6 cm³/mol. The lowest BCUT2D eigenvalue weighted by atomic mass is 10.0. The Balaban J connectivity index is 2.12. The highest BCUT2D eigenvalue weighted by atomic mass is 16.5. The molecule has 0 saturated carbocycles. The fourth-order valence-electron chi connectivity index (χ4n) is 2.42. The molecule has 0 amide bonds. The molecule has 1 unspecified atom stereocenters. The molecule has 0 spiro atoms. The van der Waals surface area contributed by atoms with Crippen molar-refractivity contribution in [3.05, 3.63) is 24.3 Å². The van der Waals surface area contributed by atoms with Gasteiger partial charge >= 0.3 is 0 Å². The van der Waals surface area contributed by atoms with Crippen molar-refractivity contribution in [2.45, 2.75) is 19.8 Å². The number of carbonyl (C=O) groups is 1. The molecule has 1 atom stereocenters. The highest BCUT2D eigenvalue weighted by Crippen LogP contribution is 2.32. The third-order valence-corrected chi connectivity index (χ3v) is 3.42. The fraction of sp³-hybridized carbons (Fsp3) is 0.500. The number of carbonyl (C=O) groups excluding carboxylic acids is 1. The van der Waals surface area contributed by atoms with Crippen molar-refractivity contribution >= 4 is 11.5 Å². The molecule has 3 nitrogen and oxygen atoms in total. The highest BCUT2D eigenvalue weighted by molar-refractivity contribution is 5.82. The lowest BCUT2D eigenvalue weighted by Gasteiger charge is -2.20. The summed E-state index contributed by atoms with van der Waals surface area (Å²) in [5.74, 6) is 1.46. The van der Waals surface area contributed by atoms with Gasteiger partial charge in [0.1, 0.15) is 11.5 Å². The van der Waals surface area contributed by atoms with E-state index < -0.39 is 0 Å². The van der Waals surface area contributed by atoms with E-state index in [1.54, 1.807) is 7.11 Å². The third kappa shape index (κ3) is 2.43. The van der Waals surface area contributed by atoms with E-state index in [0.29, 0.717) is 12.2 Å². The largest absolute Gasteiger partial charge is 0.495 e. The van der Waals surface area contributed by atoms with Gasteiger partial charge in [0.2, 0.25) is 0 Å². The molecule has 1 aliphatic rings. The van der Waals surface area contributed by atoms with E-state index >= 15 is 0 Å². The molecule has 0 bridgehead atoms. The number of para-hydroxylation sites is 2. The van der Waals surface area contributed by atoms with E-state index in [-0.39, 0.29) is 5.92 Å². The molecule has 0 aliphatic carbocycles. The molecule has 0 radical (unpaired) electrons. The molecular weight excluding hydrogens is 214 g/mol. The SMILES string of the molecule is CCC(=O)C1CCN(c2ccccc2OC)C1. The molecule has 0 aromatic heterocycles. The summed E-state index contributed by atoms with van der Waals surface area (Å²) in [6, 6.07) is 7.99. The van der Waals surface area contributed by atoms with E-state index in [9.17, 15) is 4.79 Å². The number of rotatable bonds is 4. The smallest absolute Gasteiger partial charge is 0.142 e. The normalized spacial score (nSPS) is 19.4. The van der Waals surface area contributed by atoms with Gasteiger partial charge in [-0.05, 0) is 18.6 Å². The Kier molecular flexibility index (Phi) is 3.67. The molecule has 2 rings (SSSR count). The van der Waals surface area contributed by atoms with Crippen LogP contribution >= 0.6 is 0 Å².